The molecule has 0 aliphatic heterocycles. The third-order valence-corrected chi connectivity index (χ3v) is 4.58. The van der Waals surface area contributed by atoms with Gasteiger partial charge in [-0.25, -0.2) is 8.42 Å². The van der Waals surface area contributed by atoms with Crippen LogP contribution in [0.15, 0.2) is 17.0 Å². The zero-order valence-electron chi connectivity index (χ0n) is 10.5. The third kappa shape index (κ3) is 3.20. The van der Waals surface area contributed by atoms with E-state index in [2.05, 4.69) is 0 Å². The monoisotopic (exact) mass is 257 g/mol. The Morgan fingerprint density at radius 2 is 1.88 bits per heavy atom. The van der Waals surface area contributed by atoms with Crippen molar-refractivity contribution in [3.63, 3.8) is 0 Å². The van der Waals surface area contributed by atoms with E-state index in [0.717, 1.165) is 5.56 Å². The summed E-state index contributed by atoms with van der Waals surface area (Å²) in [5, 5.41) is 0. The number of methoxy groups -OCH3 is 1. The smallest absolute Gasteiger partial charge is 0.178 e. The summed E-state index contributed by atoms with van der Waals surface area (Å²) in [6.45, 7) is 3.99. The molecule has 0 spiro atoms. The minimum Gasteiger partial charge on any atom is -0.496 e. The van der Waals surface area contributed by atoms with Gasteiger partial charge in [-0.15, -0.1) is 0 Å². The van der Waals surface area contributed by atoms with E-state index in [-0.39, 0.29) is 5.75 Å². The maximum Gasteiger partial charge on any atom is 0.178 e. The van der Waals surface area contributed by atoms with Gasteiger partial charge in [0.25, 0.3) is 0 Å². The second kappa shape index (κ2) is 5.51. The predicted molar refractivity (Wildman–Crippen MR) is 68.2 cm³/mol. The molecule has 0 atom stereocenters. The number of sulfone groups is 1. The molecule has 0 saturated heterocycles. The molecule has 0 aromatic heterocycles. The van der Waals surface area contributed by atoms with Crippen LogP contribution < -0.4 is 10.5 Å². The second-order valence-corrected chi connectivity index (χ2v) is 6.13. The SMILES string of the molecule is COc1cc(C)c(S(=O)(=O)CCCN)cc1C. The fourth-order valence-corrected chi connectivity index (χ4v) is 3.37. The lowest BCUT2D eigenvalue weighted by molar-refractivity contribution is 0.411. The molecule has 1 rings (SSSR count). The standard InChI is InChI=1S/C12H19NO3S/c1-9-8-12(10(2)7-11(9)16-3)17(14,15)6-4-5-13/h7-8H,4-6,13H2,1-3H3. The molecule has 0 bridgehead atoms. The van der Waals surface area contributed by atoms with Crippen molar-refractivity contribution < 1.29 is 13.2 Å². The van der Waals surface area contributed by atoms with Crippen molar-refractivity contribution in [2.24, 2.45) is 5.73 Å². The molecule has 0 saturated carbocycles. The van der Waals surface area contributed by atoms with E-state index in [4.69, 9.17) is 10.5 Å². The summed E-state index contributed by atoms with van der Waals surface area (Å²) >= 11 is 0. The second-order valence-electron chi connectivity index (χ2n) is 4.05. The number of hydrogen-bond acceptors (Lipinski definition) is 4. The van der Waals surface area contributed by atoms with Crippen molar-refractivity contribution in [1.29, 1.82) is 0 Å². The molecular formula is C12H19NO3S. The zero-order valence-corrected chi connectivity index (χ0v) is 11.3. The van der Waals surface area contributed by atoms with E-state index < -0.39 is 9.84 Å². The lowest BCUT2D eigenvalue weighted by atomic mass is 10.1. The number of nitrogens with two attached hydrogens (primary N) is 1. The van der Waals surface area contributed by atoms with Crippen molar-refractivity contribution >= 4 is 9.84 Å². The van der Waals surface area contributed by atoms with E-state index in [1.165, 1.54) is 0 Å². The van der Waals surface area contributed by atoms with Crippen molar-refractivity contribution in [2.45, 2.75) is 25.2 Å². The summed E-state index contributed by atoms with van der Waals surface area (Å²) in [5.74, 6) is 0.802. The van der Waals surface area contributed by atoms with Gasteiger partial charge in [0, 0.05) is 0 Å². The Morgan fingerprint density at radius 3 is 2.41 bits per heavy atom. The molecule has 0 amide bonds. The third-order valence-electron chi connectivity index (χ3n) is 2.64. The molecule has 0 unspecified atom stereocenters. The first-order valence-corrected chi connectivity index (χ1v) is 7.15. The van der Waals surface area contributed by atoms with E-state index in [1.54, 1.807) is 26.2 Å². The Bertz CT molecular complexity index is 495. The van der Waals surface area contributed by atoms with Crippen LogP contribution >= 0.6 is 0 Å². The first kappa shape index (κ1) is 14.0. The van der Waals surface area contributed by atoms with Crippen molar-refractivity contribution in [3.8, 4) is 5.75 Å². The molecule has 96 valence electrons. The molecule has 0 radical (unpaired) electrons. The fraction of sp³-hybridized carbons (Fsp3) is 0.500. The number of hydrogen-bond donors (Lipinski definition) is 1. The number of benzene rings is 1. The van der Waals surface area contributed by atoms with Gasteiger partial charge in [-0.1, -0.05) is 0 Å². The summed E-state index contributed by atoms with van der Waals surface area (Å²) in [6, 6.07) is 3.42. The summed E-state index contributed by atoms with van der Waals surface area (Å²) in [4.78, 5) is 0.379. The van der Waals surface area contributed by atoms with Gasteiger partial charge in [-0.3, -0.25) is 0 Å². The molecule has 0 fully saturated rings. The molecule has 0 aliphatic rings. The van der Waals surface area contributed by atoms with Crippen LogP contribution in [0.5, 0.6) is 5.75 Å². The molecule has 0 heterocycles. The minimum absolute atomic E-state index is 0.0934. The van der Waals surface area contributed by atoms with Crippen LogP contribution in [0, 0.1) is 13.8 Å². The van der Waals surface area contributed by atoms with E-state index in [1.807, 2.05) is 6.92 Å². The maximum absolute atomic E-state index is 12.1. The molecule has 5 heteroatoms. The van der Waals surface area contributed by atoms with Crippen LogP contribution in [-0.4, -0.2) is 27.8 Å². The van der Waals surface area contributed by atoms with Crippen LogP contribution in [0.4, 0.5) is 0 Å². The summed E-state index contributed by atoms with van der Waals surface area (Å²) in [7, 11) is -1.66. The first-order chi connectivity index (χ1) is 7.92. The normalized spacial score (nSPS) is 11.5. The summed E-state index contributed by atoms with van der Waals surface area (Å²) < 4.78 is 29.3. The highest BCUT2D eigenvalue weighted by molar-refractivity contribution is 7.91. The molecule has 4 nitrogen and oxygen atoms in total. The quantitative estimate of drug-likeness (QED) is 0.866. The summed E-state index contributed by atoms with van der Waals surface area (Å²) in [6.07, 6.45) is 0.479. The Morgan fingerprint density at radius 1 is 1.24 bits per heavy atom. The Balaban J connectivity index is 3.19. The average molecular weight is 257 g/mol. The van der Waals surface area contributed by atoms with E-state index in [0.29, 0.717) is 29.2 Å². The lowest BCUT2D eigenvalue weighted by Crippen LogP contribution is -2.13. The average Bonchev–Trinajstić information content (AvgIpc) is 2.28. The van der Waals surface area contributed by atoms with Gasteiger partial charge in [0.2, 0.25) is 0 Å². The highest BCUT2D eigenvalue weighted by Gasteiger charge is 2.18. The van der Waals surface area contributed by atoms with Crippen molar-refractivity contribution in [1.82, 2.24) is 0 Å². The highest BCUT2D eigenvalue weighted by atomic mass is 32.2. The molecule has 2 N–H and O–H groups in total. The topological polar surface area (TPSA) is 69.4 Å². The zero-order chi connectivity index (χ0) is 13.1. The van der Waals surface area contributed by atoms with Gasteiger partial charge in [0.05, 0.1) is 17.8 Å². The molecule has 1 aromatic rings. The van der Waals surface area contributed by atoms with E-state index in [9.17, 15) is 8.42 Å². The summed E-state index contributed by atoms with van der Waals surface area (Å²) in [5.41, 5.74) is 6.88. The van der Waals surface area contributed by atoms with Gasteiger partial charge in [-0.05, 0) is 50.1 Å². The largest absolute Gasteiger partial charge is 0.496 e. The van der Waals surface area contributed by atoms with Gasteiger partial charge in [-0.2, -0.15) is 0 Å². The molecule has 0 aliphatic carbocycles. The van der Waals surface area contributed by atoms with Crippen molar-refractivity contribution in [3.05, 3.63) is 23.3 Å². The predicted octanol–water partition coefficient (Wildman–Crippen LogP) is 1.43. The van der Waals surface area contributed by atoms with Crippen LogP contribution in [0.3, 0.4) is 0 Å². The first-order valence-electron chi connectivity index (χ1n) is 5.50. The van der Waals surface area contributed by atoms with Gasteiger partial charge in [0.1, 0.15) is 5.75 Å². The fourth-order valence-electron chi connectivity index (χ4n) is 1.70. The highest BCUT2D eigenvalue weighted by Crippen LogP contribution is 2.26. The molecular weight excluding hydrogens is 238 g/mol. The van der Waals surface area contributed by atoms with Crippen LogP contribution in [0.1, 0.15) is 17.5 Å². The molecule has 17 heavy (non-hydrogen) atoms. The Kier molecular flexibility index (Phi) is 4.54. The Hall–Kier alpha value is -1.07. The van der Waals surface area contributed by atoms with Crippen molar-refractivity contribution in [2.75, 3.05) is 19.4 Å². The number of rotatable bonds is 5. The number of aryl methyl sites for hydroxylation is 2. The van der Waals surface area contributed by atoms with Crippen LogP contribution in [0.2, 0.25) is 0 Å². The Labute approximate surface area is 103 Å². The number of ether oxygens (including phenoxy) is 1. The van der Waals surface area contributed by atoms with Gasteiger partial charge < -0.3 is 10.5 Å². The molecule has 1 aromatic carbocycles. The van der Waals surface area contributed by atoms with Crippen LogP contribution in [-0.2, 0) is 9.84 Å². The minimum atomic E-state index is -3.24. The van der Waals surface area contributed by atoms with Gasteiger partial charge >= 0.3 is 0 Å². The lowest BCUT2D eigenvalue weighted by Gasteiger charge is -2.11. The van der Waals surface area contributed by atoms with E-state index >= 15 is 0 Å². The van der Waals surface area contributed by atoms with Gasteiger partial charge in [0.15, 0.2) is 9.84 Å². The maximum atomic E-state index is 12.1. The van der Waals surface area contributed by atoms with Crippen LogP contribution in [0.25, 0.3) is 0 Å².